The zero-order valence-corrected chi connectivity index (χ0v) is 7.00. The highest BCUT2D eigenvalue weighted by Crippen LogP contribution is 2.34. The Morgan fingerprint density at radius 2 is 1.73 bits per heavy atom. The van der Waals surface area contributed by atoms with Crippen molar-refractivity contribution in [3.8, 4) is 0 Å². The first kappa shape index (κ1) is 10.8. The summed E-state index contributed by atoms with van der Waals surface area (Å²) >= 11 is 0. The Morgan fingerprint density at radius 1 is 1.36 bits per heavy atom. The van der Waals surface area contributed by atoms with Gasteiger partial charge >= 0.3 is 6.18 Å². The van der Waals surface area contributed by atoms with Crippen LogP contribution < -0.4 is 5.73 Å². The molecular weight excluding hydrogens is 155 g/mol. The molecule has 4 heteroatoms. The van der Waals surface area contributed by atoms with Crippen LogP contribution in [0, 0.1) is 5.92 Å². The molecular formula is C7H14F3N. The molecule has 11 heavy (non-hydrogen) atoms. The van der Waals surface area contributed by atoms with Crippen LogP contribution in [-0.4, -0.2) is 11.7 Å². The second kappa shape index (κ2) is 3.01. The fourth-order valence-electron chi connectivity index (χ4n) is 0.703. The molecule has 0 spiro atoms. The van der Waals surface area contributed by atoms with Crippen molar-refractivity contribution >= 4 is 0 Å². The van der Waals surface area contributed by atoms with Crippen LogP contribution in [0.3, 0.4) is 0 Å². The second-order valence-corrected chi connectivity index (χ2v) is 3.09. The molecule has 0 amide bonds. The van der Waals surface area contributed by atoms with Crippen molar-refractivity contribution in [2.45, 2.75) is 38.9 Å². The van der Waals surface area contributed by atoms with Crippen molar-refractivity contribution in [2.24, 2.45) is 11.7 Å². The van der Waals surface area contributed by atoms with Gasteiger partial charge in [0.05, 0.1) is 0 Å². The molecule has 0 bridgehead atoms. The molecule has 2 N–H and O–H groups in total. The molecule has 0 saturated carbocycles. The third-order valence-electron chi connectivity index (χ3n) is 2.25. The van der Waals surface area contributed by atoms with E-state index in [0.29, 0.717) is 6.42 Å². The van der Waals surface area contributed by atoms with Gasteiger partial charge in [-0.1, -0.05) is 20.3 Å². The van der Waals surface area contributed by atoms with Crippen molar-refractivity contribution < 1.29 is 13.2 Å². The molecule has 1 nitrogen and oxygen atoms in total. The molecule has 0 aliphatic rings. The van der Waals surface area contributed by atoms with Crippen LogP contribution in [0.2, 0.25) is 0 Å². The highest BCUT2D eigenvalue weighted by atomic mass is 19.4. The molecule has 0 aromatic carbocycles. The third-order valence-corrected chi connectivity index (χ3v) is 2.25. The zero-order chi connectivity index (χ0) is 9.28. The van der Waals surface area contributed by atoms with Crippen LogP contribution in [0.1, 0.15) is 27.2 Å². The monoisotopic (exact) mass is 169 g/mol. The molecule has 2 atom stereocenters. The lowest BCUT2D eigenvalue weighted by Crippen LogP contribution is -2.55. The maximum absolute atomic E-state index is 12.1. The lowest BCUT2D eigenvalue weighted by molar-refractivity contribution is -0.194. The van der Waals surface area contributed by atoms with Gasteiger partial charge in [-0.15, -0.1) is 0 Å². The summed E-state index contributed by atoms with van der Waals surface area (Å²) in [4.78, 5) is 0. The van der Waals surface area contributed by atoms with Gasteiger partial charge < -0.3 is 5.73 Å². The molecule has 0 aliphatic carbocycles. The first-order valence-corrected chi connectivity index (χ1v) is 3.59. The van der Waals surface area contributed by atoms with Gasteiger partial charge in [0.1, 0.15) is 5.54 Å². The van der Waals surface area contributed by atoms with Crippen molar-refractivity contribution in [2.75, 3.05) is 0 Å². The van der Waals surface area contributed by atoms with E-state index in [2.05, 4.69) is 0 Å². The first-order chi connectivity index (χ1) is 4.73. The predicted octanol–water partition coefficient (Wildman–Crippen LogP) is 2.31. The summed E-state index contributed by atoms with van der Waals surface area (Å²) in [5.41, 5.74) is 3.07. The number of halogens is 3. The second-order valence-electron chi connectivity index (χ2n) is 3.09. The van der Waals surface area contributed by atoms with E-state index in [0.717, 1.165) is 6.92 Å². The van der Waals surface area contributed by atoms with Crippen LogP contribution >= 0.6 is 0 Å². The summed E-state index contributed by atoms with van der Waals surface area (Å²) in [6.07, 6.45) is -3.87. The largest absolute Gasteiger partial charge is 0.406 e. The summed E-state index contributed by atoms with van der Waals surface area (Å²) in [7, 11) is 0. The predicted molar refractivity (Wildman–Crippen MR) is 38.1 cm³/mol. The Hall–Kier alpha value is -0.250. The highest BCUT2D eigenvalue weighted by molar-refractivity contribution is 4.90. The van der Waals surface area contributed by atoms with Gasteiger partial charge in [0, 0.05) is 0 Å². The van der Waals surface area contributed by atoms with Gasteiger partial charge in [-0.3, -0.25) is 0 Å². The van der Waals surface area contributed by atoms with Crippen LogP contribution in [0.25, 0.3) is 0 Å². The smallest absolute Gasteiger partial charge is 0.318 e. The van der Waals surface area contributed by atoms with E-state index in [4.69, 9.17) is 5.73 Å². The molecule has 0 saturated heterocycles. The number of hydrogen-bond donors (Lipinski definition) is 1. The van der Waals surface area contributed by atoms with Gasteiger partial charge in [-0.25, -0.2) is 0 Å². The maximum atomic E-state index is 12.1. The molecule has 68 valence electrons. The zero-order valence-electron chi connectivity index (χ0n) is 7.00. The SMILES string of the molecule is CCC(C)C(C)(N)C(F)(F)F. The van der Waals surface area contributed by atoms with Crippen molar-refractivity contribution in [1.29, 1.82) is 0 Å². The van der Waals surface area contributed by atoms with Gasteiger partial charge in [0.2, 0.25) is 0 Å². The minimum absolute atomic E-state index is 0.437. The van der Waals surface area contributed by atoms with Crippen molar-refractivity contribution in [1.82, 2.24) is 0 Å². The molecule has 0 fully saturated rings. The Balaban J connectivity index is 4.45. The fraction of sp³-hybridized carbons (Fsp3) is 1.00. The number of nitrogens with two attached hydrogens (primary N) is 1. The van der Waals surface area contributed by atoms with Crippen LogP contribution in [0.15, 0.2) is 0 Å². The van der Waals surface area contributed by atoms with Gasteiger partial charge in [-0.05, 0) is 12.8 Å². The minimum atomic E-state index is -4.30. The maximum Gasteiger partial charge on any atom is 0.406 e. The summed E-state index contributed by atoms with van der Waals surface area (Å²) in [5, 5.41) is 0. The summed E-state index contributed by atoms with van der Waals surface area (Å²) in [6.45, 7) is 4.23. The molecule has 0 radical (unpaired) electrons. The Labute approximate surface area is 64.8 Å². The van der Waals surface area contributed by atoms with Gasteiger partial charge in [-0.2, -0.15) is 13.2 Å². The molecule has 0 aromatic rings. The van der Waals surface area contributed by atoms with Gasteiger partial charge in [0.25, 0.3) is 0 Å². The average molecular weight is 169 g/mol. The Bertz CT molecular complexity index is 128. The van der Waals surface area contributed by atoms with E-state index in [1.807, 2.05) is 0 Å². The van der Waals surface area contributed by atoms with Crippen LogP contribution in [0.5, 0.6) is 0 Å². The first-order valence-electron chi connectivity index (χ1n) is 3.59. The Kier molecular flexibility index (Phi) is 2.94. The van der Waals surface area contributed by atoms with E-state index in [9.17, 15) is 13.2 Å². The molecule has 0 rings (SSSR count). The van der Waals surface area contributed by atoms with Crippen molar-refractivity contribution in [3.05, 3.63) is 0 Å². The van der Waals surface area contributed by atoms with Crippen LogP contribution in [0.4, 0.5) is 13.2 Å². The quantitative estimate of drug-likeness (QED) is 0.674. The van der Waals surface area contributed by atoms with E-state index < -0.39 is 17.6 Å². The molecule has 0 heterocycles. The molecule has 2 unspecified atom stereocenters. The number of hydrogen-bond acceptors (Lipinski definition) is 1. The van der Waals surface area contributed by atoms with E-state index in [1.54, 1.807) is 6.92 Å². The average Bonchev–Trinajstić information content (AvgIpc) is 1.83. The van der Waals surface area contributed by atoms with E-state index in [-0.39, 0.29) is 0 Å². The van der Waals surface area contributed by atoms with Crippen LogP contribution in [-0.2, 0) is 0 Å². The Morgan fingerprint density at radius 3 is 1.82 bits per heavy atom. The fourth-order valence-corrected chi connectivity index (χ4v) is 0.703. The van der Waals surface area contributed by atoms with E-state index in [1.165, 1.54) is 6.92 Å². The number of alkyl halides is 3. The highest BCUT2D eigenvalue weighted by Gasteiger charge is 2.50. The minimum Gasteiger partial charge on any atom is -0.318 e. The summed E-state index contributed by atoms with van der Waals surface area (Å²) < 4.78 is 36.4. The topological polar surface area (TPSA) is 26.0 Å². The molecule has 0 aliphatic heterocycles. The summed E-state index contributed by atoms with van der Waals surface area (Å²) in [5.74, 6) is -0.539. The van der Waals surface area contributed by atoms with Crippen molar-refractivity contribution in [3.63, 3.8) is 0 Å². The normalized spacial score (nSPS) is 21.0. The lowest BCUT2D eigenvalue weighted by atomic mass is 9.85. The lowest BCUT2D eigenvalue weighted by Gasteiger charge is -2.32. The number of rotatable bonds is 2. The third kappa shape index (κ3) is 2.09. The van der Waals surface area contributed by atoms with Gasteiger partial charge in [0.15, 0.2) is 0 Å². The van der Waals surface area contributed by atoms with E-state index >= 15 is 0 Å². The molecule has 0 aromatic heterocycles. The standard InChI is InChI=1S/C7H14F3N/c1-4-5(2)6(3,11)7(8,9)10/h5H,4,11H2,1-3H3. The summed E-state index contributed by atoms with van der Waals surface area (Å²) in [6, 6.07) is 0.